The average molecular weight is 254 g/mol. The van der Waals surface area contributed by atoms with Crippen molar-refractivity contribution in [2.24, 2.45) is 0 Å². The van der Waals surface area contributed by atoms with Crippen LogP contribution >= 0.6 is 7.60 Å². The topological polar surface area (TPSA) is 65.0 Å². The van der Waals surface area contributed by atoms with Gasteiger partial charge in [0, 0.05) is 0 Å². The zero-order valence-corrected chi connectivity index (χ0v) is 11.2. The van der Waals surface area contributed by atoms with Crippen molar-refractivity contribution in [1.29, 1.82) is 0 Å². The Labute approximate surface area is 97.6 Å². The molecule has 0 amide bonds. The summed E-state index contributed by atoms with van der Waals surface area (Å²) in [5, 5.41) is 0. The van der Waals surface area contributed by atoms with Crippen molar-refractivity contribution >= 4 is 7.60 Å². The van der Waals surface area contributed by atoms with E-state index in [4.69, 9.17) is 14.0 Å². The molecule has 0 aliphatic carbocycles. The largest absolute Gasteiger partial charge is 0.383 e. The predicted molar refractivity (Wildman–Crippen MR) is 62.3 cm³/mol. The molecule has 0 radical (unpaired) electrons. The van der Waals surface area contributed by atoms with Gasteiger partial charge in [-0.15, -0.1) is 0 Å². The molecule has 0 saturated carbocycles. The molecule has 0 rings (SSSR count). The van der Waals surface area contributed by atoms with Crippen molar-refractivity contribution < 1.29 is 23.5 Å². The van der Waals surface area contributed by atoms with Crippen molar-refractivity contribution in [3.8, 4) is 0 Å². The Balaban J connectivity index is 4.26. The van der Waals surface area contributed by atoms with Gasteiger partial charge in [0.1, 0.15) is 0 Å². The fourth-order valence-corrected chi connectivity index (χ4v) is 2.11. The van der Waals surface area contributed by atoms with Crippen LogP contribution in [0.4, 0.5) is 0 Å². The molecule has 1 unspecified atom stereocenters. The van der Waals surface area contributed by atoms with Gasteiger partial charge in [0.2, 0.25) is 0 Å². The third-order valence-electron chi connectivity index (χ3n) is 1.68. The van der Waals surface area contributed by atoms with E-state index in [-0.39, 0.29) is 6.61 Å². The van der Waals surface area contributed by atoms with Crippen LogP contribution in [0.25, 0.3) is 0 Å². The summed E-state index contributed by atoms with van der Waals surface area (Å²) in [6.45, 7) is 6.71. The van der Waals surface area contributed by atoms with Gasteiger partial charge in [-0.25, -0.2) is 0 Å². The molecule has 0 heterocycles. The first-order valence-electron chi connectivity index (χ1n) is 5.78. The molecule has 0 aromatic heterocycles. The third-order valence-corrected chi connectivity index (χ3v) is 3.06. The Kier molecular flexibility index (Phi) is 9.18. The second-order valence-corrected chi connectivity index (χ2v) is 5.25. The maximum Gasteiger partial charge on any atom is 0.383 e. The van der Waals surface area contributed by atoms with Crippen molar-refractivity contribution in [1.82, 2.24) is 0 Å². The van der Waals surface area contributed by atoms with E-state index in [1.807, 2.05) is 20.8 Å². The molecule has 0 aromatic carbocycles. The van der Waals surface area contributed by atoms with E-state index in [1.54, 1.807) is 0 Å². The fourth-order valence-electron chi connectivity index (χ4n) is 0.957. The molecular weight excluding hydrogens is 231 g/mol. The van der Waals surface area contributed by atoms with Crippen LogP contribution in [0.5, 0.6) is 0 Å². The first-order chi connectivity index (χ1) is 7.58. The first kappa shape index (κ1) is 16.1. The molecule has 5 nitrogen and oxygen atoms in total. The SMILES string of the molecule is CCCOC(OCCC)P(=O)(O)OCCC. The summed E-state index contributed by atoms with van der Waals surface area (Å²) in [6, 6.07) is -1.15. The molecule has 98 valence electrons. The number of hydrogen-bond acceptors (Lipinski definition) is 4. The molecule has 0 aliphatic rings. The van der Waals surface area contributed by atoms with Crippen LogP contribution in [0.2, 0.25) is 0 Å². The van der Waals surface area contributed by atoms with E-state index < -0.39 is 13.6 Å². The molecule has 1 N–H and O–H groups in total. The van der Waals surface area contributed by atoms with Crippen molar-refractivity contribution in [2.45, 2.75) is 46.1 Å². The second kappa shape index (κ2) is 9.14. The average Bonchev–Trinajstić information content (AvgIpc) is 2.26. The maximum absolute atomic E-state index is 11.8. The molecule has 0 aromatic rings. The minimum Gasteiger partial charge on any atom is -0.343 e. The van der Waals surface area contributed by atoms with Gasteiger partial charge in [-0.2, -0.15) is 0 Å². The van der Waals surface area contributed by atoms with E-state index >= 15 is 0 Å². The van der Waals surface area contributed by atoms with Crippen LogP contribution in [0.1, 0.15) is 40.0 Å². The summed E-state index contributed by atoms with van der Waals surface area (Å²) in [5.41, 5.74) is 0. The number of ether oxygens (including phenoxy) is 2. The van der Waals surface area contributed by atoms with Crippen molar-refractivity contribution in [3.05, 3.63) is 0 Å². The van der Waals surface area contributed by atoms with E-state index in [1.165, 1.54) is 0 Å². The lowest BCUT2D eigenvalue weighted by molar-refractivity contribution is -0.103. The summed E-state index contributed by atoms with van der Waals surface area (Å²) in [5.74, 6) is 0. The fraction of sp³-hybridized carbons (Fsp3) is 1.00. The Morgan fingerprint density at radius 1 is 1.00 bits per heavy atom. The van der Waals surface area contributed by atoms with Crippen LogP contribution in [0.15, 0.2) is 0 Å². The normalized spacial score (nSPS) is 15.3. The lowest BCUT2D eigenvalue weighted by Gasteiger charge is -2.22. The molecule has 16 heavy (non-hydrogen) atoms. The van der Waals surface area contributed by atoms with E-state index in [9.17, 15) is 9.46 Å². The third kappa shape index (κ3) is 6.61. The Hall–Kier alpha value is 0.0700. The number of rotatable bonds is 10. The first-order valence-corrected chi connectivity index (χ1v) is 7.43. The molecule has 0 aliphatic heterocycles. The zero-order valence-electron chi connectivity index (χ0n) is 10.3. The highest BCUT2D eigenvalue weighted by atomic mass is 31.2. The van der Waals surface area contributed by atoms with Crippen LogP contribution < -0.4 is 0 Å². The predicted octanol–water partition coefficient (Wildman–Crippen LogP) is 2.74. The monoisotopic (exact) mass is 254 g/mol. The summed E-state index contributed by atoms with van der Waals surface area (Å²) in [6.07, 6.45) is 2.21. The van der Waals surface area contributed by atoms with Crippen LogP contribution in [-0.4, -0.2) is 30.7 Å². The zero-order chi connectivity index (χ0) is 12.4. The molecule has 0 spiro atoms. The molecule has 0 saturated heterocycles. The molecular formula is C10H23O5P. The molecule has 0 bridgehead atoms. The second-order valence-electron chi connectivity index (χ2n) is 3.45. The van der Waals surface area contributed by atoms with Gasteiger partial charge >= 0.3 is 7.60 Å². The molecule has 0 fully saturated rings. The van der Waals surface area contributed by atoms with E-state index in [2.05, 4.69) is 0 Å². The maximum atomic E-state index is 11.8. The Bertz CT molecular complexity index is 201. The minimum atomic E-state index is -3.82. The molecule has 6 heteroatoms. The van der Waals surface area contributed by atoms with Gasteiger partial charge in [-0.05, 0) is 19.3 Å². The van der Waals surface area contributed by atoms with Crippen LogP contribution in [-0.2, 0) is 18.6 Å². The van der Waals surface area contributed by atoms with E-state index in [0.29, 0.717) is 19.6 Å². The van der Waals surface area contributed by atoms with Crippen LogP contribution in [0, 0.1) is 0 Å². The van der Waals surface area contributed by atoms with Gasteiger partial charge in [0.25, 0.3) is 6.03 Å². The summed E-state index contributed by atoms with van der Waals surface area (Å²) in [7, 11) is -3.82. The van der Waals surface area contributed by atoms with Gasteiger partial charge < -0.3 is 18.9 Å². The Morgan fingerprint density at radius 2 is 1.44 bits per heavy atom. The van der Waals surface area contributed by atoms with Gasteiger partial charge in [-0.1, -0.05) is 20.8 Å². The van der Waals surface area contributed by atoms with E-state index in [0.717, 1.165) is 12.8 Å². The summed E-state index contributed by atoms with van der Waals surface area (Å²) in [4.78, 5) is 9.64. The molecule has 1 atom stereocenters. The minimum absolute atomic E-state index is 0.231. The van der Waals surface area contributed by atoms with Crippen LogP contribution in [0.3, 0.4) is 0 Å². The van der Waals surface area contributed by atoms with Gasteiger partial charge in [0.05, 0.1) is 19.8 Å². The van der Waals surface area contributed by atoms with Gasteiger partial charge in [0.15, 0.2) is 0 Å². The smallest absolute Gasteiger partial charge is 0.343 e. The summed E-state index contributed by atoms with van der Waals surface area (Å²) >= 11 is 0. The Morgan fingerprint density at radius 3 is 1.81 bits per heavy atom. The number of hydrogen-bond donors (Lipinski definition) is 1. The highest BCUT2D eigenvalue weighted by Gasteiger charge is 2.34. The quantitative estimate of drug-likeness (QED) is 0.479. The lowest BCUT2D eigenvalue weighted by atomic mass is 10.5. The summed E-state index contributed by atoms with van der Waals surface area (Å²) < 4.78 is 27.1. The highest BCUT2D eigenvalue weighted by Crippen LogP contribution is 2.48. The lowest BCUT2D eigenvalue weighted by Crippen LogP contribution is -2.20. The van der Waals surface area contributed by atoms with Crippen molar-refractivity contribution in [3.63, 3.8) is 0 Å². The standard InChI is InChI=1S/C10H23O5P/c1-4-7-13-10(14-8-5-2)16(11,12)15-9-6-3/h10H,4-9H2,1-3H3,(H,11,12). The van der Waals surface area contributed by atoms with Gasteiger partial charge in [-0.3, -0.25) is 4.57 Å². The van der Waals surface area contributed by atoms with Crippen molar-refractivity contribution in [2.75, 3.05) is 19.8 Å². The highest BCUT2D eigenvalue weighted by molar-refractivity contribution is 7.53.